The predicted octanol–water partition coefficient (Wildman–Crippen LogP) is 5.71. The molecule has 54 heavy (non-hydrogen) atoms. The van der Waals surface area contributed by atoms with E-state index in [9.17, 15) is 14.7 Å². The number of rotatable bonds is 11. The third-order valence-corrected chi connectivity index (χ3v) is 16.5. The molecular formula is C43H62N2O9. The first-order chi connectivity index (χ1) is 25.8. The van der Waals surface area contributed by atoms with Crippen LogP contribution >= 0.6 is 0 Å². The summed E-state index contributed by atoms with van der Waals surface area (Å²) >= 11 is 0. The predicted molar refractivity (Wildman–Crippen MR) is 197 cm³/mol. The monoisotopic (exact) mass is 750 g/mol. The van der Waals surface area contributed by atoms with Crippen molar-refractivity contribution in [2.45, 2.75) is 166 Å². The number of furan rings is 1. The van der Waals surface area contributed by atoms with Crippen LogP contribution in [0.3, 0.4) is 0 Å². The molecule has 0 bridgehead atoms. The number of aliphatic hydroxyl groups excluding tert-OH is 1. The fourth-order valence-corrected chi connectivity index (χ4v) is 14.0. The largest absolute Gasteiger partial charge is 0.469 e. The van der Waals surface area contributed by atoms with Crippen LogP contribution in [-0.2, 0) is 39.8 Å². The van der Waals surface area contributed by atoms with Gasteiger partial charge in [-0.15, -0.1) is 0 Å². The molecule has 6 heterocycles. The normalized spacial score (nSPS) is 45.8. The van der Waals surface area contributed by atoms with E-state index in [1.54, 1.807) is 6.26 Å². The molecule has 0 amide bonds. The number of esters is 2. The van der Waals surface area contributed by atoms with Gasteiger partial charge >= 0.3 is 11.9 Å². The van der Waals surface area contributed by atoms with Crippen LogP contribution in [0.4, 0.5) is 0 Å². The number of carbonyl (C=O) groups is 3. The van der Waals surface area contributed by atoms with Gasteiger partial charge in [0.25, 0.3) is 0 Å². The summed E-state index contributed by atoms with van der Waals surface area (Å²) in [7, 11) is 0. The van der Waals surface area contributed by atoms with Crippen molar-refractivity contribution < 1.29 is 42.9 Å². The Morgan fingerprint density at radius 2 is 1.76 bits per heavy atom. The number of aryl methyl sites for hydroxylation is 1. The summed E-state index contributed by atoms with van der Waals surface area (Å²) in [6, 6.07) is 2.49. The van der Waals surface area contributed by atoms with Crippen LogP contribution in [-0.4, -0.2) is 78.2 Å². The summed E-state index contributed by atoms with van der Waals surface area (Å²) in [6.45, 7) is 12.5. The Morgan fingerprint density at radius 1 is 0.981 bits per heavy atom. The summed E-state index contributed by atoms with van der Waals surface area (Å²) in [5.74, 6) is -0.667. The van der Waals surface area contributed by atoms with Crippen LogP contribution in [0.15, 0.2) is 16.7 Å². The summed E-state index contributed by atoms with van der Waals surface area (Å²) in [5, 5.41) is 19.5. The first-order valence-electron chi connectivity index (χ1n) is 21.3. The lowest BCUT2D eigenvalue weighted by molar-refractivity contribution is -0.264. The van der Waals surface area contributed by atoms with E-state index in [4.69, 9.17) is 23.4 Å². The Hall–Kier alpha value is -2.31. The van der Waals surface area contributed by atoms with Gasteiger partial charge in [0.1, 0.15) is 30.2 Å². The summed E-state index contributed by atoms with van der Waals surface area (Å²) in [4.78, 5) is 43.2. The van der Waals surface area contributed by atoms with Crippen molar-refractivity contribution in [3.63, 3.8) is 0 Å². The van der Waals surface area contributed by atoms with Gasteiger partial charge in [0.05, 0.1) is 29.3 Å². The number of hydrogen-bond acceptors (Lipinski definition) is 11. The van der Waals surface area contributed by atoms with Gasteiger partial charge in [-0.3, -0.25) is 9.59 Å². The molecular weight excluding hydrogens is 688 g/mol. The maximum atomic E-state index is 15.3. The van der Waals surface area contributed by atoms with Crippen LogP contribution in [0.5, 0.6) is 0 Å². The van der Waals surface area contributed by atoms with Crippen molar-refractivity contribution in [1.29, 1.82) is 0 Å². The van der Waals surface area contributed by atoms with Crippen LogP contribution in [0.25, 0.3) is 0 Å². The number of hydrogen-bond donors (Lipinski definition) is 3. The van der Waals surface area contributed by atoms with Crippen molar-refractivity contribution in [2.75, 3.05) is 19.8 Å². The van der Waals surface area contributed by atoms with Crippen molar-refractivity contribution in [3.05, 3.63) is 23.7 Å². The fourth-order valence-electron chi connectivity index (χ4n) is 14.0. The number of unbranched alkanes of at least 4 members (excludes halogenated alkanes) is 3. The number of aliphatic hydroxyl groups is 1. The molecule has 1 aromatic rings. The maximum Gasteiger partial charge on any atom is 0.339 e. The van der Waals surface area contributed by atoms with E-state index in [1.165, 1.54) is 12.8 Å². The number of fused-ring (bicyclic) bond motifs is 2. The number of ketones is 1. The zero-order chi connectivity index (χ0) is 37.9. The standard InChI is InChI=1S/C43H62N2O9/c1-25(2)14-20-39(4)31-30(46)32(47)40(5)29(42(31)23-51-37(49)41(36(42)54-39)17-10-11-18-41)15-19-38(3)33(52-35(48)34-43(38,40)53-34)27-16-21-50-28(27)13-9-7-6-8-12-26-22-44-24-45-26/h16,21,25-26,29,31-34,36,44-45,47H,6-15,17-20,22-24H2,1-5H3/t26-,29+,31-,32-,33+,34-,36+,38+,39+,40+,42-,43-/m1/s1. The van der Waals surface area contributed by atoms with E-state index >= 15 is 4.79 Å². The van der Waals surface area contributed by atoms with E-state index in [2.05, 4.69) is 31.4 Å². The van der Waals surface area contributed by atoms with Crippen LogP contribution < -0.4 is 10.6 Å². The van der Waals surface area contributed by atoms with Crippen molar-refractivity contribution in [2.24, 2.45) is 39.4 Å². The highest BCUT2D eigenvalue weighted by Gasteiger charge is 2.91. The molecule has 3 N–H and O–H groups in total. The third-order valence-electron chi connectivity index (χ3n) is 16.5. The van der Waals surface area contributed by atoms with E-state index in [1.807, 2.05) is 19.9 Å². The Balaban J connectivity index is 1.06. The Morgan fingerprint density at radius 3 is 2.50 bits per heavy atom. The lowest BCUT2D eigenvalue weighted by atomic mass is 9.35. The lowest BCUT2D eigenvalue weighted by Gasteiger charge is -2.67. The minimum atomic E-state index is -1.40. The summed E-state index contributed by atoms with van der Waals surface area (Å²) < 4.78 is 32.8. The van der Waals surface area contributed by atoms with E-state index in [-0.39, 0.29) is 24.3 Å². The Bertz CT molecular complexity index is 1660. The van der Waals surface area contributed by atoms with Gasteiger partial charge in [-0.05, 0) is 76.2 Å². The number of Topliss-reactive ketones (excluding diaryl/α,β-unsaturated/α-hetero) is 1. The second kappa shape index (κ2) is 12.9. The SMILES string of the molecule is CC(C)CC[C@]1(C)O[C@H]2C3(CCCC3)C(=O)OC[C@]23[C@H]2CC[C@@]4(C)[C@H](c5ccoc5CCCCCC[C@@H]5CNCN5)OC(=O)[C@H]5O[C@]54[C@]2(C)[C@H](O)C(=O)[C@@H]31. The first kappa shape index (κ1) is 37.3. The molecule has 3 saturated carbocycles. The quantitative estimate of drug-likeness (QED) is 0.145. The molecule has 0 aromatic carbocycles. The van der Waals surface area contributed by atoms with E-state index in [0.717, 1.165) is 69.5 Å². The zero-order valence-corrected chi connectivity index (χ0v) is 33.0. The second-order valence-corrected chi connectivity index (χ2v) is 19.7. The van der Waals surface area contributed by atoms with Gasteiger partial charge in [-0.2, -0.15) is 0 Å². The third kappa shape index (κ3) is 4.80. The second-order valence-electron chi connectivity index (χ2n) is 19.7. The summed E-state index contributed by atoms with van der Waals surface area (Å²) in [6.07, 6.45) is 10.4. The van der Waals surface area contributed by atoms with E-state index < -0.39 is 69.2 Å². The molecule has 298 valence electrons. The molecule has 3 spiro atoms. The lowest BCUT2D eigenvalue weighted by Crippen LogP contribution is -2.77. The molecule has 11 nitrogen and oxygen atoms in total. The molecule has 9 rings (SSSR count). The molecule has 1 aromatic heterocycles. The molecule has 8 fully saturated rings. The Kier molecular flexibility index (Phi) is 8.87. The molecule has 0 unspecified atom stereocenters. The van der Waals surface area contributed by atoms with Gasteiger partial charge < -0.3 is 39.1 Å². The molecule has 5 aliphatic heterocycles. The van der Waals surface area contributed by atoms with Crippen molar-refractivity contribution in [1.82, 2.24) is 10.6 Å². The van der Waals surface area contributed by atoms with Gasteiger partial charge in [0.15, 0.2) is 11.9 Å². The van der Waals surface area contributed by atoms with E-state index in [0.29, 0.717) is 44.1 Å². The fraction of sp³-hybridized carbons (Fsp3) is 0.837. The van der Waals surface area contributed by atoms with Crippen LogP contribution in [0, 0.1) is 39.4 Å². The highest BCUT2D eigenvalue weighted by molar-refractivity contribution is 5.92. The molecule has 8 aliphatic rings. The number of nitrogens with one attached hydrogen (secondary N) is 2. The highest BCUT2D eigenvalue weighted by atomic mass is 16.7. The first-order valence-corrected chi connectivity index (χ1v) is 21.3. The van der Waals surface area contributed by atoms with Gasteiger partial charge in [0.2, 0.25) is 0 Å². The average Bonchev–Trinajstić information content (AvgIpc) is 3.61. The summed E-state index contributed by atoms with van der Waals surface area (Å²) in [5.41, 5.74) is -4.79. The smallest absolute Gasteiger partial charge is 0.339 e. The van der Waals surface area contributed by atoms with Crippen molar-refractivity contribution in [3.8, 4) is 0 Å². The Labute approximate surface area is 319 Å². The number of carbonyl (C=O) groups excluding carboxylic acids is 3. The molecule has 3 aliphatic carbocycles. The van der Waals surface area contributed by atoms with Gasteiger partial charge in [-0.25, -0.2) is 4.79 Å². The maximum absolute atomic E-state index is 15.3. The van der Waals surface area contributed by atoms with Gasteiger partial charge in [-0.1, -0.05) is 59.8 Å². The number of cyclic esters (lactones) is 2. The van der Waals surface area contributed by atoms with Crippen LogP contribution in [0.1, 0.15) is 136 Å². The topological polar surface area (TPSA) is 149 Å². The molecule has 5 saturated heterocycles. The van der Waals surface area contributed by atoms with Crippen LogP contribution in [0.2, 0.25) is 0 Å². The van der Waals surface area contributed by atoms with Gasteiger partial charge in [0, 0.05) is 47.5 Å². The zero-order valence-electron chi connectivity index (χ0n) is 33.0. The molecule has 12 atom stereocenters. The highest BCUT2D eigenvalue weighted by Crippen LogP contribution is 2.81. The van der Waals surface area contributed by atoms with Crippen molar-refractivity contribution >= 4 is 17.7 Å². The number of ether oxygens (including phenoxy) is 4. The molecule has 11 heteroatoms. The minimum absolute atomic E-state index is 0.0736. The number of epoxide rings is 1. The average molecular weight is 751 g/mol. The molecule has 0 radical (unpaired) electrons. The minimum Gasteiger partial charge on any atom is -0.469 e.